The number of carbonyl (C=O) groups is 2. The molecule has 3 aromatic rings. The minimum atomic E-state index is -0.306. The lowest BCUT2D eigenvalue weighted by Gasteiger charge is -2.11. The molecule has 0 heterocycles. The molecule has 0 aromatic heterocycles. The normalized spacial score (nSPS) is 10.0. The van der Waals surface area contributed by atoms with E-state index in [0.29, 0.717) is 28.3 Å². The third-order valence-corrected chi connectivity index (χ3v) is 4.92. The number of nitrogens with one attached hydrogen (secondary N) is 1. The summed E-state index contributed by atoms with van der Waals surface area (Å²) in [6, 6.07) is 25.1. The third kappa shape index (κ3) is 5.71. The number of hydrogen-bond acceptors (Lipinski definition) is 5. The van der Waals surface area contributed by atoms with Gasteiger partial charge < -0.3 is 10.1 Å². The van der Waals surface area contributed by atoms with Crippen molar-refractivity contribution in [3.63, 3.8) is 0 Å². The molecule has 5 nitrogen and oxygen atoms in total. The Balaban J connectivity index is 1.56. The molecule has 3 rings (SSSR count). The molecule has 0 bridgehead atoms. The molecule has 0 fully saturated rings. The first-order valence-corrected chi connectivity index (χ1v) is 9.87. The Hall–Kier alpha value is -3.56. The first-order chi connectivity index (χ1) is 14.2. The quantitative estimate of drug-likeness (QED) is 0.442. The zero-order chi connectivity index (χ0) is 20.5. The van der Waals surface area contributed by atoms with Gasteiger partial charge in [-0.2, -0.15) is 5.26 Å². The first kappa shape index (κ1) is 20.2. The average Bonchev–Trinajstić information content (AvgIpc) is 2.77. The maximum atomic E-state index is 12.4. The molecule has 6 heteroatoms. The number of thioether (sulfide) groups is 1. The van der Waals surface area contributed by atoms with E-state index >= 15 is 0 Å². The number of rotatable bonds is 8. The molecular formula is C23H18N2O3S. The Morgan fingerprint density at radius 2 is 1.55 bits per heavy atom. The van der Waals surface area contributed by atoms with E-state index in [2.05, 4.69) is 11.4 Å². The lowest BCUT2D eigenvalue weighted by atomic mass is 10.0. The molecule has 3 aromatic carbocycles. The van der Waals surface area contributed by atoms with Crippen molar-refractivity contribution in [2.24, 2.45) is 0 Å². The van der Waals surface area contributed by atoms with Gasteiger partial charge in [-0.3, -0.25) is 9.59 Å². The largest absolute Gasteiger partial charge is 0.484 e. The van der Waals surface area contributed by atoms with Crippen LogP contribution in [0, 0.1) is 11.3 Å². The highest BCUT2D eigenvalue weighted by Gasteiger charge is 2.10. The number of anilines is 1. The summed E-state index contributed by atoms with van der Waals surface area (Å²) in [5.74, 6) is 0.426. The van der Waals surface area contributed by atoms with E-state index in [-0.39, 0.29) is 18.3 Å². The summed E-state index contributed by atoms with van der Waals surface area (Å²) in [5.41, 5.74) is 1.81. The standard InChI is InChI=1S/C23H18N2O3S/c24-14-15-29-21-9-5-4-8-20(21)25-22(26)16-28-19-12-10-18(11-13-19)23(27)17-6-2-1-3-7-17/h1-13H,15-16H2,(H,25,26). The fourth-order valence-corrected chi connectivity index (χ4v) is 3.27. The van der Waals surface area contributed by atoms with Crippen LogP contribution in [0.25, 0.3) is 0 Å². The molecule has 0 saturated carbocycles. The molecule has 0 atom stereocenters. The van der Waals surface area contributed by atoms with Crippen molar-refractivity contribution in [1.82, 2.24) is 0 Å². The summed E-state index contributed by atoms with van der Waals surface area (Å²) in [6.07, 6.45) is 0. The molecule has 0 radical (unpaired) electrons. The van der Waals surface area contributed by atoms with Gasteiger partial charge in [-0.15, -0.1) is 11.8 Å². The maximum absolute atomic E-state index is 12.4. The van der Waals surface area contributed by atoms with Gasteiger partial charge in [0, 0.05) is 16.0 Å². The fraction of sp³-hybridized carbons (Fsp3) is 0.0870. The highest BCUT2D eigenvalue weighted by atomic mass is 32.2. The van der Waals surface area contributed by atoms with Crippen LogP contribution in [-0.2, 0) is 4.79 Å². The van der Waals surface area contributed by atoms with Crippen molar-refractivity contribution in [3.05, 3.63) is 90.0 Å². The van der Waals surface area contributed by atoms with Gasteiger partial charge in [0.2, 0.25) is 0 Å². The van der Waals surface area contributed by atoms with E-state index in [9.17, 15) is 9.59 Å². The van der Waals surface area contributed by atoms with Crippen molar-refractivity contribution in [2.45, 2.75) is 4.90 Å². The topological polar surface area (TPSA) is 79.2 Å². The van der Waals surface area contributed by atoms with Crippen LogP contribution in [-0.4, -0.2) is 24.1 Å². The second-order valence-electron chi connectivity index (χ2n) is 6.00. The lowest BCUT2D eigenvalue weighted by molar-refractivity contribution is -0.118. The van der Waals surface area contributed by atoms with E-state index in [1.165, 1.54) is 11.8 Å². The highest BCUT2D eigenvalue weighted by Crippen LogP contribution is 2.26. The van der Waals surface area contributed by atoms with Gasteiger partial charge in [0.25, 0.3) is 5.91 Å². The maximum Gasteiger partial charge on any atom is 0.262 e. The summed E-state index contributed by atoms with van der Waals surface area (Å²) in [6.45, 7) is -0.163. The predicted octanol–water partition coefficient (Wildman–Crippen LogP) is 4.55. The summed E-state index contributed by atoms with van der Waals surface area (Å²) >= 11 is 1.36. The molecule has 0 aliphatic heterocycles. The molecule has 1 amide bonds. The van der Waals surface area contributed by atoms with Crippen LogP contribution in [0.15, 0.2) is 83.8 Å². The van der Waals surface area contributed by atoms with Gasteiger partial charge in [0.05, 0.1) is 17.5 Å². The second kappa shape index (κ2) is 10.1. The van der Waals surface area contributed by atoms with E-state index in [4.69, 9.17) is 10.00 Å². The number of benzene rings is 3. The minimum Gasteiger partial charge on any atom is -0.484 e. The Morgan fingerprint density at radius 3 is 2.28 bits per heavy atom. The average molecular weight is 402 g/mol. The lowest BCUT2D eigenvalue weighted by Crippen LogP contribution is -2.20. The molecule has 0 unspecified atom stereocenters. The number of nitriles is 1. The van der Waals surface area contributed by atoms with Gasteiger partial charge in [-0.25, -0.2) is 0 Å². The molecule has 1 N–H and O–H groups in total. The fourth-order valence-electron chi connectivity index (χ4n) is 2.60. The molecule has 0 aliphatic carbocycles. The van der Waals surface area contributed by atoms with Crippen LogP contribution >= 0.6 is 11.8 Å². The van der Waals surface area contributed by atoms with Crippen molar-refractivity contribution in [2.75, 3.05) is 17.7 Å². The number of ether oxygens (including phenoxy) is 1. The Kier molecular flexibility index (Phi) is 7.04. The first-order valence-electron chi connectivity index (χ1n) is 8.88. The summed E-state index contributed by atoms with van der Waals surface area (Å²) in [4.78, 5) is 25.4. The molecule has 29 heavy (non-hydrogen) atoms. The van der Waals surface area contributed by atoms with E-state index in [1.54, 1.807) is 42.5 Å². The van der Waals surface area contributed by atoms with Gasteiger partial charge in [-0.05, 0) is 36.4 Å². The third-order valence-electron chi connectivity index (χ3n) is 3.98. The zero-order valence-electron chi connectivity index (χ0n) is 15.5. The highest BCUT2D eigenvalue weighted by molar-refractivity contribution is 7.99. The van der Waals surface area contributed by atoms with Gasteiger partial charge in [0.15, 0.2) is 12.4 Å². The summed E-state index contributed by atoms with van der Waals surface area (Å²) in [5, 5.41) is 11.5. The zero-order valence-corrected chi connectivity index (χ0v) is 16.3. The molecule has 144 valence electrons. The van der Waals surface area contributed by atoms with Crippen LogP contribution in [0.3, 0.4) is 0 Å². The van der Waals surface area contributed by atoms with Crippen LogP contribution in [0.1, 0.15) is 15.9 Å². The van der Waals surface area contributed by atoms with Crippen molar-refractivity contribution >= 4 is 29.1 Å². The van der Waals surface area contributed by atoms with Crippen molar-refractivity contribution < 1.29 is 14.3 Å². The Morgan fingerprint density at radius 1 is 0.897 bits per heavy atom. The van der Waals surface area contributed by atoms with Crippen molar-refractivity contribution in [3.8, 4) is 11.8 Å². The van der Waals surface area contributed by atoms with E-state index < -0.39 is 0 Å². The predicted molar refractivity (Wildman–Crippen MR) is 113 cm³/mol. The Bertz CT molecular complexity index is 1030. The SMILES string of the molecule is N#CCSc1ccccc1NC(=O)COc1ccc(C(=O)c2ccccc2)cc1. The minimum absolute atomic E-state index is 0.0682. The molecule has 0 aliphatic rings. The molecule has 0 spiro atoms. The van der Waals surface area contributed by atoms with E-state index in [1.807, 2.05) is 36.4 Å². The number of carbonyl (C=O) groups excluding carboxylic acids is 2. The second-order valence-corrected chi connectivity index (χ2v) is 7.02. The summed E-state index contributed by atoms with van der Waals surface area (Å²) in [7, 11) is 0. The van der Waals surface area contributed by atoms with Crippen LogP contribution < -0.4 is 10.1 Å². The smallest absolute Gasteiger partial charge is 0.262 e. The van der Waals surface area contributed by atoms with E-state index in [0.717, 1.165) is 4.90 Å². The summed E-state index contributed by atoms with van der Waals surface area (Å²) < 4.78 is 5.52. The number of hydrogen-bond donors (Lipinski definition) is 1. The number of amides is 1. The van der Waals surface area contributed by atoms with Crippen LogP contribution in [0.4, 0.5) is 5.69 Å². The van der Waals surface area contributed by atoms with Gasteiger partial charge >= 0.3 is 0 Å². The van der Waals surface area contributed by atoms with Crippen LogP contribution in [0.2, 0.25) is 0 Å². The van der Waals surface area contributed by atoms with Gasteiger partial charge in [0.1, 0.15) is 5.75 Å². The monoisotopic (exact) mass is 402 g/mol. The molecular weight excluding hydrogens is 384 g/mol. The van der Waals surface area contributed by atoms with Crippen molar-refractivity contribution in [1.29, 1.82) is 5.26 Å². The van der Waals surface area contributed by atoms with Crippen LogP contribution in [0.5, 0.6) is 5.75 Å². The number of ketones is 1. The number of nitrogens with zero attached hydrogens (tertiary/aromatic N) is 1. The number of para-hydroxylation sites is 1. The van der Waals surface area contributed by atoms with Gasteiger partial charge in [-0.1, -0.05) is 42.5 Å². The Labute approximate surface area is 173 Å². The molecule has 0 saturated heterocycles.